The van der Waals surface area contributed by atoms with Crippen LogP contribution in [0.3, 0.4) is 0 Å². The maximum atomic E-state index is 12.2. The Morgan fingerprint density at radius 3 is 2.49 bits per heavy atom. The quantitative estimate of drug-likeness (QED) is 0.414. The molecular weight excluding hydrogens is 531 g/mol. The molecular formula is C27H33ClF3N7O. The van der Waals surface area contributed by atoms with Gasteiger partial charge in [0.1, 0.15) is 5.69 Å². The average Bonchev–Trinajstić information content (AvgIpc) is 2.90. The van der Waals surface area contributed by atoms with E-state index in [2.05, 4.69) is 62.7 Å². The molecule has 0 radical (unpaired) electrons. The summed E-state index contributed by atoms with van der Waals surface area (Å²) in [6.45, 7) is 18.1. The fourth-order valence-corrected chi connectivity index (χ4v) is 4.68. The fraction of sp³-hybridized carbons (Fsp3) is 0.370. The topological polar surface area (TPSA) is 85.4 Å². The van der Waals surface area contributed by atoms with Crippen molar-refractivity contribution in [1.82, 2.24) is 20.2 Å². The van der Waals surface area contributed by atoms with E-state index in [4.69, 9.17) is 11.6 Å². The number of nitrogens with zero attached hydrogens (tertiary/aromatic N) is 4. The Morgan fingerprint density at radius 2 is 1.95 bits per heavy atom. The number of nitrogens with one attached hydrogen (secondary N) is 3. The van der Waals surface area contributed by atoms with Crippen molar-refractivity contribution in [3.8, 4) is 0 Å². The zero-order valence-electron chi connectivity index (χ0n) is 22.3. The van der Waals surface area contributed by atoms with Crippen molar-refractivity contribution in [1.29, 1.82) is 0 Å². The second-order valence-corrected chi connectivity index (χ2v) is 9.17. The zero-order valence-corrected chi connectivity index (χ0v) is 23.0. The van der Waals surface area contributed by atoms with Gasteiger partial charge in [-0.3, -0.25) is 4.79 Å². The smallest absolute Gasteiger partial charge is 0.367 e. The van der Waals surface area contributed by atoms with Gasteiger partial charge >= 0.3 is 6.18 Å². The molecule has 1 aromatic carbocycles. The minimum Gasteiger partial charge on any atom is -0.367 e. The Labute approximate surface area is 231 Å². The molecule has 0 unspecified atom stereocenters. The number of amides is 1. The van der Waals surface area contributed by atoms with E-state index in [9.17, 15) is 18.0 Å². The fourth-order valence-electron chi connectivity index (χ4n) is 4.44. The molecule has 1 aromatic heterocycles. The lowest BCUT2D eigenvalue weighted by atomic mass is 9.99. The number of piperazine rings is 1. The van der Waals surface area contributed by atoms with E-state index in [0.29, 0.717) is 11.5 Å². The first-order chi connectivity index (χ1) is 18.5. The van der Waals surface area contributed by atoms with Gasteiger partial charge in [0.2, 0.25) is 5.91 Å². The number of hydrogen-bond donors (Lipinski definition) is 3. The van der Waals surface area contributed by atoms with E-state index in [1.54, 1.807) is 6.20 Å². The molecule has 12 heteroatoms. The first kappa shape index (κ1) is 30.0. The van der Waals surface area contributed by atoms with E-state index in [-0.39, 0.29) is 10.9 Å². The summed E-state index contributed by atoms with van der Waals surface area (Å²) in [5.41, 5.74) is 3.67. The van der Waals surface area contributed by atoms with Crippen molar-refractivity contribution < 1.29 is 18.0 Å². The lowest BCUT2D eigenvalue weighted by molar-refractivity contribution is -0.137. The standard InChI is InChI=1S/C18H26N6O.C9H7ClF3N/c1-5-14-17(23-9-7-19-8-10-23)12(3)16-18(24(14)6-2)20-11-15(22-16)21-13(4)25;1-2-14-8-4-3-6(5-7(8)10)9(11,12)13/h11,19H,3,5-10H2,1-2,4H3,(H,21,22,25);2-5,14H,1H2. The Kier molecular flexibility index (Phi) is 9.98. The molecule has 3 heterocycles. The van der Waals surface area contributed by atoms with Crippen LogP contribution < -0.4 is 20.9 Å². The highest BCUT2D eigenvalue weighted by Gasteiger charge is 2.32. The van der Waals surface area contributed by atoms with Crippen LogP contribution in [0.2, 0.25) is 5.02 Å². The first-order valence-corrected chi connectivity index (χ1v) is 12.9. The van der Waals surface area contributed by atoms with Gasteiger partial charge in [-0.15, -0.1) is 0 Å². The molecule has 1 saturated heterocycles. The van der Waals surface area contributed by atoms with Gasteiger partial charge in [-0.05, 0) is 37.7 Å². The number of alkyl halides is 3. The Morgan fingerprint density at radius 1 is 1.26 bits per heavy atom. The van der Waals surface area contributed by atoms with Crippen LogP contribution in [-0.2, 0) is 11.0 Å². The lowest BCUT2D eigenvalue weighted by Gasteiger charge is -2.40. The number of carbonyl (C=O) groups excluding carboxylic acids is 1. The normalized spacial score (nSPS) is 15.3. The second-order valence-electron chi connectivity index (χ2n) is 8.76. The van der Waals surface area contributed by atoms with Gasteiger partial charge in [-0.25, -0.2) is 9.97 Å². The minimum absolute atomic E-state index is 0.0136. The van der Waals surface area contributed by atoms with E-state index >= 15 is 0 Å². The SMILES string of the molecule is C=C1C(N2CCNCC2)=C(CC)N(CC)c2ncc(NC(C)=O)nc21.C=CNc1ccc(C(F)(F)F)cc1Cl. The molecule has 3 N–H and O–H groups in total. The van der Waals surface area contributed by atoms with Gasteiger partial charge in [-0.1, -0.05) is 31.7 Å². The van der Waals surface area contributed by atoms with E-state index < -0.39 is 11.7 Å². The molecule has 0 spiro atoms. The third-order valence-corrected chi connectivity index (χ3v) is 6.43. The molecule has 0 atom stereocenters. The van der Waals surface area contributed by atoms with Crippen LogP contribution in [0.25, 0.3) is 5.57 Å². The van der Waals surface area contributed by atoms with Crippen LogP contribution in [0.4, 0.5) is 30.5 Å². The summed E-state index contributed by atoms with van der Waals surface area (Å²) in [6, 6.07) is 3.08. The number of rotatable bonds is 6. The van der Waals surface area contributed by atoms with Gasteiger partial charge < -0.3 is 25.8 Å². The van der Waals surface area contributed by atoms with Crippen LogP contribution in [0.1, 0.15) is 38.4 Å². The predicted octanol–water partition coefficient (Wildman–Crippen LogP) is 5.73. The number of allylic oxidation sites excluding steroid dienone is 2. The molecule has 2 aliphatic rings. The summed E-state index contributed by atoms with van der Waals surface area (Å²) in [4.78, 5) is 25.2. The average molecular weight is 564 g/mol. The van der Waals surface area contributed by atoms with Gasteiger partial charge in [0.25, 0.3) is 0 Å². The number of benzene rings is 1. The molecule has 0 bridgehead atoms. The molecule has 4 rings (SSSR count). The highest BCUT2D eigenvalue weighted by molar-refractivity contribution is 6.33. The second kappa shape index (κ2) is 13.0. The van der Waals surface area contributed by atoms with Crippen molar-refractivity contribution in [2.45, 2.75) is 33.4 Å². The molecule has 2 aromatic rings. The Balaban J connectivity index is 0.000000255. The third kappa shape index (κ3) is 7.10. The highest BCUT2D eigenvalue weighted by atomic mass is 35.5. The van der Waals surface area contributed by atoms with Gasteiger partial charge in [-0.2, -0.15) is 13.2 Å². The number of aromatic nitrogens is 2. The van der Waals surface area contributed by atoms with Gasteiger partial charge in [0, 0.05) is 50.9 Å². The van der Waals surface area contributed by atoms with E-state index in [1.165, 1.54) is 24.9 Å². The monoisotopic (exact) mass is 563 g/mol. The summed E-state index contributed by atoms with van der Waals surface area (Å²) in [7, 11) is 0. The summed E-state index contributed by atoms with van der Waals surface area (Å²) in [5.74, 6) is 1.12. The molecule has 210 valence electrons. The molecule has 0 aliphatic carbocycles. The summed E-state index contributed by atoms with van der Waals surface area (Å²) in [6.07, 6.45) is -0.509. The Hall–Kier alpha value is -3.57. The highest BCUT2D eigenvalue weighted by Crippen LogP contribution is 2.40. The van der Waals surface area contributed by atoms with Crippen molar-refractivity contribution in [2.75, 3.05) is 48.3 Å². The largest absolute Gasteiger partial charge is 0.416 e. The lowest BCUT2D eigenvalue weighted by Crippen LogP contribution is -2.45. The van der Waals surface area contributed by atoms with Gasteiger partial charge in [0.15, 0.2) is 11.6 Å². The van der Waals surface area contributed by atoms with E-state index in [1.807, 2.05) is 0 Å². The molecule has 0 saturated carbocycles. The van der Waals surface area contributed by atoms with Crippen molar-refractivity contribution in [2.24, 2.45) is 0 Å². The molecule has 8 nitrogen and oxygen atoms in total. The van der Waals surface area contributed by atoms with Crippen molar-refractivity contribution in [3.63, 3.8) is 0 Å². The number of halogens is 4. The van der Waals surface area contributed by atoms with Crippen molar-refractivity contribution >= 4 is 40.4 Å². The first-order valence-electron chi connectivity index (χ1n) is 12.6. The molecule has 1 amide bonds. The third-order valence-electron chi connectivity index (χ3n) is 6.12. The van der Waals surface area contributed by atoms with Crippen LogP contribution >= 0.6 is 11.6 Å². The Bertz CT molecular complexity index is 1260. The molecule has 39 heavy (non-hydrogen) atoms. The van der Waals surface area contributed by atoms with Crippen LogP contribution in [0, 0.1) is 0 Å². The van der Waals surface area contributed by atoms with Crippen LogP contribution in [-0.4, -0.2) is 53.5 Å². The maximum absolute atomic E-state index is 12.2. The van der Waals surface area contributed by atoms with Gasteiger partial charge in [0.05, 0.1) is 28.2 Å². The summed E-state index contributed by atoms with van der Waals surface area (Å²) in [5, 5.41) is 8.74. The molecule has 1 fully saturated rings. The number of carbonyl (C=O) groups is 1. The zero-order chi connectivity index (χ0) is 28.7. The van der Waals surface area contributed by atoms with E-state index in [0.717, 1.165) is 74.1 Å². The number of hydrogen-bond acceptors (Lipinski definition) is 7. The van der Waals surface area contributed by atoms with Crippen LogP contribution in [0.15, 0.2) is 55.1 Å². The number of fused-ring (bicyclic) bond motifs is 1. The summed E-state index contributed by atoms with van der Waals surface area (Å²) >= 11 is 5.60. The summed E-state index contributed by atoms with van der Waals surface area (Å²) < 4.78 is 36.6. The maximum Gasteiger partial charge on any atom is 0.416 e. The molecule has 2 aliphatic heterocycles. The van der Waals surface area contributed by atoms with Crippen molar-refractivity contribution in [3.05, 3.63) is 71.4 Å². The minimum atomic E-state index is -4.36. The van der Waals surface area contributed by atoms with Crippen LogP contribution in [0.5, 0.6) is 0 Å². The number of anilines is 3. The predicted molar refractivity (Wildman–Crippen MR) is 150 cm³/mol.